The number of H-pyrrole nitrogens is 2. The van der Waals surface area contributed by atoms with Crippen LogP contribution in [-0.2, 0) is 4.79 Å². The van der Waals surface area contributed by atoms with Gasteiger partial charge in [-0.1, -0.05) is 25.3 Å². The molecule has 1 saturated carbocycles. The molecule has 2 aromatic carbocycles. The zero-order valence-corrected chi connectivity index (χ0v) is 25.8. The highest BCUT2D eigenvalue weighted by Gasteiger charge is 2.22. The molecular weight excluding hydrogens is 583 g/mol. The van der Waals surface area contributed by atoms with Crippen molar-refractivity contribution in [2.24, 2.45) is 5.92 Å². The van der Waals surface area contributed by atoms with Gasteiger partial charge in [0.15, 0.2) is 11.5 Å². The number of anilines is 1. The number of pyridine rings is 2. The molecule has 0 saturated heterocycles. The monoisotopic (exact) mass is 618 g/mol. The van der Waals surface area contributed by atoms with Crippen molar-refractivity contribution < 1.29 is 13.9 Å². The SMILES string of the molecule is CN(C)CCOc1cc(F)cc(-c2ccnc3nc(-c4n[nH]c5ccc(-c6cncc(NC(=O)C7CCCCC7)c6)cc45)[nH]c23)c1. The van der Waals surface area contributed by atoms with Crippen LogP contribution in [0.5, 0.6) is 5.75 Å². The molecule has 1 aliphatic carbocycles. The largest absolute Gasteiger partial charge is 0.492 e. The van der Waals surface area contributed by atoms with Crippen molar-refractivity contribution in [3.8, 4) is 39.5 Å². The quantitative estimate of drug-likeness (QED) is 0.162. The molecule has 1 aliphatic rings. The first-order valence-corrected chi connectivity index (χ1v) is 15.6. The molecule has 7 rings (SSSR count). The Kier molecular flexibility index (Phi) is 8.15. The Morgan fingerprint density at radius 3 is 2.74 bits per heavy atom. The molecule has 0 atom stereocenters. The fourth-order valence-electron chi connectivity index (χ4n) is 6.06. The van der Waals surface area contributed by atoms with E-state index in [4.69, 9.17) is 9.72 Å². The standard InChI is InChI=1S/C35H35FN8O2/c1-44(2)12-13-46-27-16-23(14-25(36)18-27)28-10-11-38-33-31(28)40-34(41-33)32-29-17-22(8-9-30(29)42-43-32)24-15-26(20-37-19-24)39-35(45)21-6-4-3-5-7-21/h8-11,14-21H,3-7,12-13H2,1-2H3,(H,39,45)(H,42,43)(H,38,40,41). The summed E-state index contributed by atoms with van der Waals surface area (Å²) < 4.78 is 20.5. The second kappa shape index (κ2) is 12.7. The third kappa shape index (κ3) is 6.18. The maximum atomic E-state index is 14.7. The molecule has 3 N–H and O–H groups in total. The smallest absolute Gasteiger partial charge is 0.227 e. The predicted molar refractivity (Wildman–Crippen MR) is 177 cm³/mol. The topological polar surface area (TPSA) is 125 Å². The van der Waals surface area contributed by atoms with E-state index in [1.807, 2.05) is 55.4 Å². The number of fused-ring (bicyclic) bond motifs is 2. The number of carbonyl (C=O) groups excluding carboxylic acids is 1. The maximum absolute atomic E-state index is 14.7. The van der Waals surface area contributed by atoms with Gasteiger partial charge in [0.05, 0.1) is 22.9 Å². The van der Waals surface area contributed by atoms with Crippen LogP contribution in [0.2, 0.25) is 0 Å². The molecule has 1 amide bonds. The number of benzene rings is 2. The highest BCUT2D eigenvalue weighted by atomic mass is 19.1. The summed E-state index contributed by atoms with van der Waals surface area (Å²) in [5.41, 5.74) is 6.50. The average molecular weight is 619 g/mol. The number of aromatic nitrogens is 6. The zero-order chi connectivity index (χ0) is 31.6. The lowest BCUT2D eigenvalue weighted by Crippen LogP contribution is -2.24. The molecule has 4 heterocycles. The Morgan fingerprint density at radius 1 is 1.02 bits per heavy atom. The number of rotatable bonds is 9. The Bertz CT molecular complexity index is 2030. The van der Waals surface area contributed by atoms with Gasteiger partial charge in [-0.25, -0.2) is 14.4 Å². The molecule has 11 heteroatoms. The summed E-state index contributed by atoms with van der Waals surface area (Å²) >= 11 is 0. The number of nitrogens with one attached hydrogen (secondary N) is 3. The van der Waals surface area contributed by atoms with Crippen LogP contribution < -0.4 is 10.1 Å². The Hall–Kier alpha value is -5.16. The number of halogens is 1. The lowest BCUT2D eigenvalue weighted by molar-refractivity contribution is -0.120. The fraction of sp³-hybridized carbons (Fsp3) is 0.286. The zero-order valence-electron chi connectivity index (χ0n) is 25.8. The van der Waals surface area contributed by atoms with Crippen LogP contribution in [-0.4, -0.2) is 68.2 Å². The number of amides is 1. The van der Waals surface area contributed by atoms with Gasteiger partial charge in [0.25, 0.3) is 0 Å². The lowest BCUT2D eigenvalue weighted by Gasteiger charge is -2.20. The van der Waals surface area contributed by atoms with Crippen molar-refractivity contribution >= 4 is 33.7 Å². The van der Waals surface area contributed by atoms with Crippen molar-refractivity contribution in [1.82, 2.24) is 35.0 Å². The molecule has 10 nitrogen and oxygen atoms in total. The van der Waals surface area contributed by atoms with Crippen LogP contribution in [0.25, 0.3) is 55.8 Å². The highest BCUT2D eigenvalue weighted by Crippen LogP contribution is 2.34. The summed E-state index contributed by atoms with van der Waals surface area (Å²) in [7, 11) is 3.92. The van der Waals surface area contributed by atoms with Crippen LogP contribution in [0, 0.1) is 11.7 Å². The maximum Gasteiger partial charge on any atom is 0.227 e. The van der Waals surface area contributed by atoms with Crippen LogP contribution >= 0.6 is 0 Å². The van der Waals surface area contributed by atoms with E-state index >= 15 is 0 Å². The molecule has 0 spiro atoms. The third-order valence-corrected chi connectivity index (χ3v) is 8.48. The number of imidazole rings is 1. The molecule has 0 unspecified atom stereocenters. The van der Waals surface area contributed by atoms with Crippen molar-refractivity contribution in [2.45, 2.75) is 32.1 Å². The van der Waals surface area contributed by atoms with E-state index in [1.165, 1.54) is 18.6 Å². The highest BCUT2D eigenvalue weighted by molar-refractivity contribution is 5.98. The minimum absolute atomic E-state index is 0.0606. The summed E-state index contributed by atoms with van der Waals surface area (Å²) in [5, 5.41) is 11.6. The van der Waals surface area contributed by atoms with Gasteiger partial charge in [0.1, 0.15) is 23.9 Å². The van der Waals surface area contributed by atoms with Gasteiger partial charge in [0, 0.05) is 47.4 Å². The van der Waals surface area contributed by atoms with E-state index in [0.717, 1.165) is 53.3 Å². The molecule has 0 bridgehead atoms. The van der Waals surface area contributed by atoms with Crippen LogP contribution in [0.1, 0.15) is 32.1 Å². The number of aromatic amines is 2. The predicted octanol–water partition coefficient (Wildman–Crippen LogP) is 6.83. The van der Waals surface area contributed by atoms with Gasteiger partial charge in [-0.2, -0.15) is 5.10 Å². The normalized spacial score (nSPS) is 13.9. The van der Waals surface area contributed by atoms with Crippen LogP contribution in [0.3, 0.4) is 0 Å². The number of carbonyl (C=O) groups is 1. The summed E-state index contributed by atoms with van der Waals surface area (Å²) in [5.74, 6) is 0.726. The summed E-state index contributed by atoms with van der Waals surface area (Å²) in [6, 6.07) is 14.5. The number of ether oxygens (including phenoxy) is 1. The Morgan fingerprint density at radius 2 is 1.89 bits per heavy atom. The van der Waals surface area contributed by atoms with Gasteiger partial charge in [0.2, 0.25) is 5.91 Å². The van der Waals surface area contributed by atoms with Gasteiger partial charge in [-0.3, -0.25) is 14.9 Å². The fourth-order valence-corrected chi connectivity index (χ4v) is 6.06. The molecule has 0 aliphatic heterocycles. The second-order valence-electron chi connectivity index (χ2n) is 12.1. The van der Waals surface area contributed by atoms with Gasteiger partial charge in [-0.05, 0) is 74.5 Å². The van der Waals surface area contributed by atoms with Crippen molar-refractivity contribution in [3.63, 3.8) is 0 Å². The minimum Gasteiger partial charge on any atom is -0.492 e. The lowest BCUT2D eigenvalue weighted by atomic mass is 9.88. The summed E-state index contributed by atoms with van der Waals surface area (Å²) in [4.78, 5) is 31.9. The van der Waals surface area contributed by atoms with E-state index in [2.05, 4.69) is 30.5 Å². The van der Waals surface area contributed by atoms with Gasteiger partial charge < -0.3 is 19.9 Å². The van der Waals surface area contributed by atoms with E-state index in [-0.39, 0.29) is 17.6 Å². The molecule has 234 valence electrons. The van der Waals surface area contributed by atoms with Crippen LogP contribution in [0.4, 0.5) is 10.1 Å². The molecule has 46 heavy (non-hydrogen) atoms. The molecule has 1 fully saturated rings. The summed E-state index contributed by atoms with van der Waals surface area (Å²) in [6.07, 6.45) is 10.4. The minimum atomic E-state index is -0.389. The molecule has 4 aromatic heterocycles. The van der Waals surface area contributed by atoms with Gasteiger partial charge >= 0.3 is 0 Å². The number of likely N-dealkylation sites (N-methyl/N-ethyl adjacent to an activating group) is 1. The Balaban J connectivity index is 1.19. The first-order chi connectivity index (χ1) is 22.4. The van der Waals surface area contributed by atoms with Crippen LogP contribution in [0.15, 0.2) is 67.1 Å². The number of hydrogen-bond donors (Lipinski definition) is 3. The van der Waals surface area contributed by atoms with E-state index < -0.39 is 0 Å². The van der Waals surface area contributed by atoms with E-state index in [9.17, 15) is 9.18 Å². The van der Waals surface area contributed by atoms with Gasteiger partial charge in [-0.15, -0.1) is 0 Å². The van der Waals surface area contributed by atoms with Crippen molar-refractivity contribution in [3.05, 3.63) is 72.9 Å². The second-order valence-corrected chi connectivity index (χ2v) is 12.1. The Labute approximate surface area is 265 Å². The first-order valence-electron chi connectivity index (χ1n) is 15.6. The average Bonchev–Trinajstić information content (AvgIpc) is 3.69. The number of hydrogen-bond acceptors (Lipinski definition) is 7. The molecule has 0 radical (unpaired) electrons. The van der Waals surface area contributed by atoms with Crippen molar-refractivity contribution in [2.75, 3.05) is 32.6 Å². The summed E-state index contributed by atoms with van der Waals surface area (Å²) in [6.45, 7) is 1.16. The molecular formula is C35H35FN8O2. The number of nitrogens with zero attached hydrogens (tertiary/aromatic N) is 5. The third-order valence-electron chi connectivity index (χ3n) is 8.48. The first kappa shape index (κ1) is 29.5. The molecule has 6 aromatic rings. The van der Waals surface area contributed by atoms with Crippen molar-refractivity contribution in [1.29, 1.82) is 0 Å². The van der Waals surface area contributed by atoms with E-state index in [0.29, 0.717) is 52.8 Å². The van der Waals surface area contributed by atoms with E-state index in [1.54, 1.807) is 18.6 Å².